The standard InChI is InChI=1S/C19H17Cl2NO4.C12H13ClN6O7S.C5H12NO4P/c1-2-26-19(25)16(21)10-11-9-12(7-8-15(11)20)22-17(23)13-5-3-4-6-14(13)18(22)24;1-19-9(7(10(20)21)8(13)17-19)27(23,24)18-12(22)16-11-14-5(25-2)4-6(15-11)26-3;1-11(9,10)3-2-4(6)5(7)8/h7-10H,2-6H2,1H3;4H,1-3H3,(H,20,21)(H2,14,15,16,18,22);4H,2-3,6H2,1H3,(H,7,8)(H,9,10)/b16-10-;;. The molecule has 64 heavy (non-hydrogen) atoms. The highest BCUT2D eigenvalue weighted by Gasteiger charge is 2.40. The van der Waals surface area contributed by atoms with E-state index in [-0.39, 0.29) is 53.7 Å². The summed E-state index contributed by atoms with van der Waals surface area (Å²) in [5.41, 5.74) is 6.36. The largest absolute Gasteiger partial charge is 0.481 e. The van der Waals surface area contributed by atoms with E-state index in [9.17, 15) is 41.8 Å². The van der Waals surface area contributed by atoms with Gasteiger partial charge in [-0.2, -0.15) is 23.5 Å². The third-order valence-corrected chi connectivity index (χ3v) is 11.9. The number of carboxylic acids is 2. The van der Waals surface area contributed by atoms with Gasteiger partial charge >= 0.3 is 23.9 Å². The summed E-state index contributed by atoms with van der Waals surface area (Å²) in [4.78, 5) is 87.9. The van der Waals surface area contributed by atoms with E-state index in [1.807, 2.05) is 0 Å². The normalized spacial score (nSPS) is 15.0. The van der Waals surface area contributed by atoms with E-state index < -0.39 is 63.1 Å². The Bertz CT molecular complexity index is 2500. The fraction of sp³-hybridized carbons (Fsp3) is 0.361. The topological polar surface area (TPSA) is 339 Å². The van der Waals surface area contributed by atoms with E-state index in [4.69, 9.17) is 69.9 Å². The van der Waals surface area contributed by atoms with Gasteiger partial charge in [-0.15, -0.1) is 0 Å². The molecule has 2 unspecified atom stereocenters. The average molecular weight is 996 g/mol. The summed E-state index contributed by atoms with van der Waals surface area (Å²) in [7, 11) is -3.96. The summed E-state index contributed by atoms with van der Waals surface area (Å²) in [6.45, 7) is 3.06. The molecule has 28 heteroatoms. The van der Waals surface area contributed by atoms with Gasteiger partial charge in [0.1, 0.15) is 16.6 Å². The third-order valence-electron chi connectivity index (χ3n) is 8.52. The lowest BCUT2D eigenvalue weighted by molar-refractivity contribution is -0.139. The number of hydrogen-bond donors (Lipinski definition) is 6. The number of aryl methyl sites for hydroxylation is 1. The molecular formula is C36H42Cl3N8O15PS. The van der Waals surface area contributed by atoms with Gasteiger partial charge in [-0.25, -0.2) is 24.0 Å². The van der Waals surface area contributed by atoms with E-state index >= 15 is 0 Å². The van der Waals surface area contributed by atoms with Gasteiger partial charge in [0.05, 0.1) is 32.6 Å². The number of ether oxygens (including phenoxy) is 3. The number of aromatic carboxylic acids is 1. The summed E-state index contributed by atoms with van der Waals surface area (Å²) < 4.78 is 52.4. The molecule has 1 aliphatic carbocycles. The van der Waals surface area contributed by atoms with Crippen molar-refractivity contribution < 1.29 is 71.1 Å². The molecular weight excluding hydrogens is 954 g/mol. The zero-order valence-electron chi connectivity index (χ0n) is 34.5. The Balaban J connectivity index is 0.000000278. The number of carbonyl (C=O) groups is 6. The number of nitrogens with one attached hydrogen (secondary N) is 2. The van der Waals surface area contributed by atoms with Crippen LogP contribution in [0.15, 0.2) is 45.5 Å². The third kappa shape index (κ3) is 14.2. The number of urea groups is 1. The van der Waals surface area contributed by atoms with E-state index in [1.54, 1.807) is 29.8 Å². The maximum absolute atomic E-state index is 12.7. The molecule has 0 saturated heterocycles. The Morgan fingerprint density at radius 1 is 1.02 bits per heavy atom. The average Bonchev–Trinajstić information content (AvgIpc) is 3.68. The van der Waals surface area contributed by atoms with Crippen LogP contribution in [0.1, 0.15) is 54.9 Å². The zero-order chi connectivity index (χ0) is 48.3. The lowest BCUT2D eigenvalue weighted by Crippen LogP contribution is -2.36. The lowest BCUT2D eigenvalue weighted by atomic mass is 9.93. The molecule has 4 amide bonds. The van der Waals surface area contributed by atoms with Gasteiger partial charge in [0.2, 0.25) is 17.7 Å². The highest BCUT2D eigenvalue weighted by Crippen LogP contribution is 2.37. The highest BCUT2D eigenvalue weighted by molar-refractivity contribution is 7.90. The van der Waals surface area contributed by atoms with E-state index in [0.717, 1.165) is 19.9 Å². The molecule has 3 heterocycles. The predicted octanol–water partition coefficient (Wildman–Crippen LogP) is 4.00. The molecule has 348 valence electrons. The quantitative estimate of drug-likeness (QED) is 0.0575. The first kappa shape index (κ1) is 52.7. The summed E-state index contributed by atoms with van der Waals surface area (Å²) >= 11 is 17.8. The van der Waals surface area contributed by atoms with Crippen molar-refractivity contribution in [3.63, 3.8) is 0 Å². The van der Waals surface area contributed by atoms with E-state index in [0.29, 0.717) is 44.9 Å². The number of nitrogens with two attached hydrogens (primary N) is 1. The van der Waals surface area contributed by atoms with Crippen LogP contribution in [0.3, 0.4) is 0 Å². The number of hydrogen-bond acceptors (Lipinski definition) is 16. The summed E-state index contributed by atoms with van der Waals surface area (Å²) in [5, 5.41) is 21.9. The Labute approximate surface area is 380 Å². The number of aliphatic carboxylic acids is 1. The number of benzene rings is 1. The first-order valence-corrected chi connectivity index (χ1v) is 23.3. The second-order valence-corrected chi connectivity index (χ2v) is 18.6. The number of nitrogens with zero attached hydrogens (tertiary/aromatic N) is 5. The zero-order valence-corrected chi connectivity index (χ0v) is 38.4. The maximum atomic E-state index is 12.7. The molecule has 0 fully saturated rings. The Hall–Kier alpha value is -5.62. The van der Waals surface area contributed by atoms with E-state index in [2.05, 4.69) is 20.4 Å². The fourth-order valence-electron chi connectivity index (χ4n) is 5.58. The van der Waals surface area contributed by atoms with Crippen LogP contribution in [0.2, 0.25) is 10.2 Å². The fourth-order valence-corrected chi connectivity index (χ4v) is 8.26. The number of carboxylic acid groups (broad SMARTS) is 2. The second-order valence-electron chi connectivity index (χ2n) is 13.3. The van der Waals surface area contributed by atoms with Crippen LogP contribution in [0.4, 0.5) is 16.4 Å². The minimum absolute atomic E-state index is 0.0412. The number of esters is 1. The SMILES string of the molecule is CCOC(=O)/C(Cl)=C/c1cc(N2C(=O)C3=C(CCCC3)C2=O)ccc1Cl.COc1cc(OC)nc(NC(=O)NS(=O)(=O)c2c(C(=O)O)c(Cl)nn2C)n1.CP(=O)(O)CCC(N)C(=O)O. The predicted molar refractivity (Wildman–Crippen MR) is 230 cm³/mol. The van der Waals surface area contributed by atoms with Gasteiger partial charge in [0.25, 0.3) is 21.8 Å². The number of sulfonamides is 1. The minimum Gasteiger partial charge on any atom is -0.481 e. The monoisotopic (exact) mass is 994 g/mol. The summed E-state index contributed by atoms with van der Waals surface area (Å²) in [6, 6.07) is 3.77. The van der Waals surface area contributed by atoms with Gasteiger partial charge in [-0.05, 0) is 68.9 Å². The lowest BCUT2D eigenvalue weighted by Gasteiger charge is -2.16. The molecule has 5 rings (SSSR count). The van der Waals surface area contributed by atoms with Crippen molar-refractivity contribution in [2.45, 2.75) is 50.1 Å². The molecule has 0 saturated carbocycles. The van der Waals surface area contributed by atoms with Crippen LogP contribution in [0.5, 0.6) is 11.8 Å². The van der Waals surface area contributed by atoms with Gasteiger partial charge < -0.3 is 35.1 Å². The van der Waals surface area contributed by atoms with Crippen LogP contribution in [0, 0.1) is 0 Å². The Morgan fingerprint density at radius 3 is 2.06 bits per heavy atom. The molecule has 2 atom stereocenters. The van der Waals surface area contributed by atoms with Crippen LogP contribution >= 0.6 is 42.2 Å². The van der Waals surface area contributed by atoms with Crippen molar-refractivity contribution in [2.24, 2.45) is 12.8 Å². The summed E-state index contributed by atoms with van der Waals surface area (Å²) in [5.74, 6) is -4.22. The van der Waals surface area contributed by atoms with Crippen molar-refractivity contribution in [1.82, 2.24) is 24.5 Å². The summed E-state index contributed by atoms with van der Waals surface area (Å²) in [6.07, 6.45) is 4.45. The molecule has 0 bridgehead atoms. The number of methoxy groups -OCH3 is 2. The molecule has 1 aliphatic heterocycles. The maximum Gasteiger partial charge on any atom is 0.349 e. The van der Waals surface area contributed by atoms with Gasteiger partial charge in [-0.1, -0.05) is 34.8 Å². The molecule has 2 aliphatic rings. The second kappa shape index (κ2) is 22.8. The molecule has 7 N–H and O–H groups in total. The Morgan fingerprint density at radius 2 is 1.58 bits per heavy atom. The smallest absolute Gasteiger partial charge is 0.349 e. The minimum atomic E-state index is -4.64. The number of anilines is 2. The highest BCUT2D eigenvalue weighted by atomic mass is 35.5. The van der Waals surface area contributed by atoms with Gasteiger partial charge in [0.15, 0.2) is 17.5 Å². The van der Waals surface area contributed by atoms with Crippen molar-refractivity contribution in [2.75, 3.05) is 43.9 Å². The number of imide groups is 1. The van der Waals surface area contributed by atoms with Crippen molar-refractivity contribution >= 4 is 106 Å². The molecule has 0 spiro atoms. The number of carbonyl (C=O) groups excluding carboxylic acids is 4. The van der Waals surface area contributed by atoms with Crippen molar-refractivity contribution in [1.29, 1.82) is 0 Å². The van der Waals surface area contributed by atoms with Gasteiger partial charge in [0, 0.05) is 36.0 Å². The molecule has 3 aromatic rings. The first-order chi connectivity index (χ1) is 29.8. The van der Waals surface area contributed by atoms with Gasteiger partial charge in [-0.3, -0.25) is 28.9 Å². The van der Waals surface area contributed by atoms with Crippen LogP contribution in [-0.2, 0) is 45.6 Å². The van der Waals surface area contributed by atoms with Crippen molar-refractivity contribution in [3.8, 4) is 11.8 Å². The Kier molecular flexibility index (Phi) is 18.8. The van der Waals surface area contributed by atoms with Crippen LogP contribution in [0.25, 0.3) is 6.08 Å². The molecule has 23 nitrogen and oxygen atoms in total. The molecule has 2 aromatic heterocycles. The number of aromatic nitrogens is 4. The van der Waals surface area contributed by atoms with Crippen LogP contribution in [-0.4, -0.2) is 119 Å². The number of halogens is 3. The van der Waals surface area contributed by atoms with E-state index in [1.165, 1.54) is 37.9 Å². The van der Waals surface area contributed by atoms with Crippen molar-refractivity contribution in [3.05, 3.63) is 61.7 Å². The number of amides is 4. The number of rotatable bonds is 14. The molecule has 0 radical (unpaired) electrons. The molecule has 1 aromatic carbocycles. The van der Waals surface area contributed by atoms with Crippen LogP contribution < -0.4 is 30.1 Å². The first-order valence-electron chi connectivity index (χ1n) is 18.3.